The molecule has 1 N–H and O–H groups in total. The first-order chi connectivity index (χ1) is 11.2. The summed E-state index contributed by atoms with van der Waals surface area (Å²) in [6.07, 6.45) is 4.47. The van der Waals surface area contributed by atoms with Crippen LogP contribution in [0.15, 0.2) is 30.5 Å². The molecule has 23 heavy (non-hydrogen) atoms. The molecule has 0 amide bonds. The van der Waals surface area contributed by atoms with Crippen LogP contribution in [0.3, 0.4) is 0 Å². The predicted molar refractivity (Wildman–Crippen MR) is 91.3 cm³/mol. The Bertz CT molecular complexity index is 816. The van der Waals surface area contributed by atoms with Crippen molar-refractivity contribution in [2.75, 3.05) is 13.1 Å². The number of rotatable bonds is 4. The maximum absolute atomic E-state index is 4.88. The van der Waals surface area contributed by atoms with Crippen molar-refractivity contribution < 1.29 is 0 Å². The fraction of sp³-hybridized carbons (Fsp3) is 0.444. The van der Waals surface area contributed by atoms with Crippen molar-refractivity contribution in [2.24, 2.45) is 0 Å². The molecule has 0 bridgehead atoms. The summed E-state index contributed by atoms with van der Waals surface area (Å²) < 4.78 is 2.04. The Hall–Kier alpha value is -2.14. The number of hydrogen-bond donors (Lipinski definition) is 1. The molecule has 0 saturated carbocycles. The van der Waals surface area contributed by atoms with Gasteiger partial charge in [0.05, 0.1) is 29.3 Å². The number of benzene rings is 1. The topological polar surface area (TPSA) is 49.7 Å². The van der Waals surface area contributed by atoms with Crippen LogP contribution in [0, 0.1) is 13.8 Å². The van der Waals surface area contributed by atoms with Gasteiger partial charge in [-0.05, 0) is 50.9 Å². The number of aromatic amines is 1. The Morgan fingerprint density at radius 2 is 2.13 bits per heavy atom. The van der Waals surface area contributed by atoms with Gasteiger partial charge in [0.15, 0.2) is 0 Å². The van der Waals surface area contributed by atoms with Gasteiger partial charge >= 0.3 is 0 Å². The van der Waals surface area contributed by atoms with Gasteiger partial charge < -0.3 is 4.98 Å². The minimum absolute atomic E-state index is 0.401. The summed E-state index contributed by atoms with van der Waals surface area (Å²) in [5.74, 6) is 1.11. The lowest BCUT2D eigenvalue weighted by molar-refractivity contribution is 0.236. The van der Waals surface area contributed by atoms with Crippen LogP contribution in [0.25, 0.3) is 11.0 Å². The second kappa shape index (κ2) is 5.81. The number of aromatic nitrogens is 4. The largest absolute Gasteiger partial charge is 0.341 e. The molecule has 0 unspecified atom stereocenters. The number of aryl methyl sites for hydroxylation is 2. The second-order valence-electron chi connectivity index (χ2n) is 6.51. The van der Waals surface area contributed by atoms with E-state index in [-0.39, 0.29) is 0 Å². The van der Waals surface area contributed by atoms with Crippen LogP contribution in [0.4, 0.5) is 0 Å². The van der Waals surface area contributed by atoms with Gasteiger partial charge in [0.1, 0.15) is 5.82 Å². The molecule has 0 spiro atoms. The van der Waals surface area contributed by atoms with E-state index >= 15 is 0 Å². The van der Waals surface area contributed by atoms with E-state index in [1.807, 2.05) is 11.6 Å². The zero-order chi connectivity index (χ0) is 15.8. The lowest BCUT2D eigenvalue weighted by atomic mass is 10.2. The molecular weight excluding hydrogens is 286 g/mol. The Balaban J connectivity index is 1.53. The van der Waals surface area contributed by atoms with Crippen molar-refractivity contribution in [1.82, 2.24) is 24.6 Å². The molecule has 0 radical (unpaired) electrons. The van der Waals surface area contributed by atoms with Crippen LogP contribution in [-0.2, 0) is 6.54 Å². The number of nitrogens with one attached hydrogen (secondary N) is 1. The van der Waals surface area contributed by atoms with Crippen molar-refractivity contribution in [3.63, 3.8) is 0 Å². The van der Waals surface area contributed by atoms with Crippen LogP contribution in [-0.4, -0.2) is 37.7 Å². The van der Waals surface area contributed by atoms with Crippen LogP contribution in [0.5, 0.6) is 0 Å². The third kappa shape index (κ3) is 2.77. The monoisotopic (exact) mass is 309 g/mol. The van der Waals surface area contributed by atoms with Gasteiger partial charge in [-0.25, -0.2) is 4.98 Å². The molecule has 1 aliphatic heterocycles. The van der Waals surface area contributed by atoms with Crippen molar-refractivity contribution in [1.29, 1.82) is 0 Å². The van der Waals surface area contributed by atoms with Crippen molar-refractivity contribution in [2.45, 2.75) is 39.3 Å². The summed E-state index contributed by atoms with van der Waals surface area (Å²) in [6.45, 7) is 7.25. The Morgan fingerprint density at radius 1 is 1.22 bits per heavy atom. The van der Waals surface area contributed by atoms with Gasteiger partial charge in [0, 0.05) is 12.7 Å². The Morgan fingerprint density at radius 3 is 2.91 bits per heavy atom. The van der Waals surface area contributed by atoms with Crippen molar-refractivity contribution >= 4 is 11.0 Å². The van der Waals surface area contributed by atoms with E-state index in [1.54, 1.807) is 0 Å². The van der Waals surface area contributed by atoms with Crippen LogP contribution in [0.2, 0.25) is 0 Å². The van der Waals surface area contributed by atoms with E-state index in [0.29, 0.717) is 6.04 Å². The minimum atomic E-state index is 0.401. The van der Waals surface area contributed by atoms with Crippen LogP contribution < -0.4 is 0 Å². The third-order valence-corrected chi connectivity index (χ3v) is 4.80. The SMILES string of the molecule is Cc1ccn(CCN2CCC[C@@H]2c2nc3c(C)cccc3[nH]2)n1. The summed E-state index contributed by atoms with van der Waals surface area (Å²) in [6, 6.07) is 8.79. The smallest absolute Gasteiger partial charge is 0.124 e. The van der Waals surface area contributed by atoms with Crippen LogP contribution >= 0.6 is 0 Å². The normalized spacial score (nSPS) is 19.0. The third-order valence-electron chi connectivity index (χ3n) is 4.80. The summed E-state index contributed by atoms with van der Waals surface area (Å²) >= 11 is 0. The highest BCUT2D eigenvalue weighted by Gasteiger charge is 2.28. The summed E-state index contributed by atoms with van der Waals surface area (Å²) in [7, 11) is 0. The fourth-order valence-corrected chi connectivity index (χ4v) is 3.57. The average Bonchev–Trinajstić information content (AvgIpc) is 3.23. The molecule has 1 aromatic carbocycles. The lowest BCUT2D eigenvalue weighted by Crippen LogP contribution is -2.28. The first kappa shape index (κ1) is 14.5. The number of imidazole rings is 1. The van der Waals surface area contributed by atoms with Crippen molar-refractivity contribution in [3.05, 3.63) is 47.5 Å². The summed E-state index contributed by atoms with van der Waals surface area (Å²) in [4.78, 5) is 11.0. The molecule has 1 saturated heterocycles. The number of hydrogen-bond acceptors (Lipinski definition) is 3. The zero-order valence-corrected chi connectivity index (χ0v) is 13.8. The zero-order valence-electron chi connectivity index (χ0n) is 13.8. The first-order valence-electron chi connectivity index (χ1n) is 8.40. The van der Waals surface area contributed by atoms with Gasteiger partial charge in [-0.1, -0.05) is 12.1 Å². The van der Waals surface area contributed by atoms with Gasteiger partial charge in [-0.2, -0.15) is 5.10 Å². The van der Waals surface area contributed by atoms with Gasteiger partial charge in [-0.15, -0.1) is 0 Å². The molecule has 1 fully saturated rings. The average molecular weight is 309 g/mol. The van der Waals surface area contributed by atoms with Gasteiger partial charge in [0.2, 0.25) is 0 Å². The molecule has 1 atom stereocenters. The number of H-pyrrole nitrogens is 1. The molecule has 2 aromatic heterocycles. The molecule has 3 heterocycles. The highest BCUT2D eigenvalue weighted by atomic mass is 15.3. The van der Waals surface area contributed by atoms with Crippen molar-refractivity contribution in [3.8, 4) is 0 Å². The predicted octanol–water partition coefficient (Wildman–Crippen LogP) is 3.21. The summed E-state index contributed by atoms with van der Waals surface area (Å²) in [5, 5.41) is 4.48. The lowest BCUT2D eigenvalue weighted by Gasteiger charge is -2.22. The van der Waals surface area contributed by atoms with E-state index in [9.17, 15) is 0 Å². The van der Waals surface area contributed by atoms with Crippen LogP contribution in [0.1, 0.15) is 36.0 Å². The molecule has 5 nitrogen and oxygen atoms in total. The molecule has 1 aliphatic rings. The second-order valence-corrected chi connectivity index (χ2v) is 6.51. The molecule has 0 aliphatic carbocycles. The standard InChI is InChI=1S/C18H23N5/c1-13-5-3-6-15-17(13)20-18(19-15)16-7-4-9-22(16)11-12-23-10-8-14(2)21-23/h3,5-6,8,10,16H,4,7,9,11-12H2,1-2H3,(H,19,20)/t16-/m1/s1. The number of fused-ring (bicyclic) bond motifs is 1. The number of likely N-dealkylation sites (tertiary alicyclic amines) is 1. The minimum Gasteiger partial charge on any atom is -0.341 e. The first-order valence-corrected chi connectivity index (χ1v) is 8.40. The maximum atomic E-state index is 4.88. The molecule has 5 heteroatoms. The number of para-hydroxylation sites is 1. The number of nitrogens with zero attached hydrogens (tertiary/aromatic N) is 4. The van der Waals surface area contributed by atoms with E-state index in [2.05, 4.69) is 52.4 Å². The van der Waals surface area contributed by atoms with E-state index in [4.69, 9.17) is 4.98 Å². The molecule has 120 valence electrons. The van der Waals surface area contributed by atoms with E-state index in [0.717, 1.165) is 42.2 Å². The van der Waals surface area contributed by atoms with Gasteiger partial charge in [0.25, 0.3) is 0 Å². The molecular formula is C18H23N5. The Labute approximate surface area is 136 Å². The summed E-state index contributed by atoms with van der Waals surface area (Å²) in [5.41, 5.74) is 4.57. The molecule has 4 rings (SSSR count). The van der Waals surface area contributed by atoms with Gasteiger partial charge in [-0.3, -0.25) is 9.58 Å². The maximum Gasteiger partial charge on any atom is 0.124 e. The van der Waals surface area contributed by atoms with E-state index < -0.39 is 0 Å². The fourth-order valence-electron chi connectivity index (χ4n) is 3.57. The highest BCUT2D eigenvalue weighted by molar-refractivity contribution is 5.78. The highest BCUT2D eigenvalue weighted by Crippen LogP contribution is 2.31. The molecule has 3 aromatic rings. The Kier molecular flexibility index (Phi) is 3.65. The quantitative estimate of drug-likeness (QED) is 0.805. The van der Waals surface area contributed by atoms with E-state index in [1.165, 1.54) is 18.4 Å².